The lowest BCUT2D eigenvalue weighted by molar-refractivity contribution is 0.252. The monoisotopic (exact) mass is 264 g/mol. The molecular formula is C16H25FN2. The van der Waals surface area contributed by atoms with E-state index in [0.29, 0.717) is 6.04 Å². The lowest BCUT2D eigenvalue weighted by Gasteiger charge is -2.26. The number of benzene rings is 1. The predicted molar refractivity (Wildman–Crippen MR) is 77.7 cm³/mol. The summed E-state index contributed by atoms with van der Waals surface area (Å²) in [6.45, 7) is 7.60. The Labute approximate surface area is 116 Å². The van der Waals surface area contributed by atoms with Crippen molar-refractivity contribution >= 4 is 0 Å². The van der Waals surface area contributed by atoms with Crippen molar-refractivity contribution in [1.29, 1.82) is 0 Å². The van der Waals surface area contributed by atoms with Crippen LogP contribution in [-0.2, 0) is 0 Å². The van der Waals surface area contributed by atoms with E-state index in [-0.39, 0.29) is 11.9 Å². The molecule has 3 heteroatoms. The summed E-state index contributed by atoms with van der Waals surface area (Å²) in [5, 5.41) is 3.55. The van der Waals surface area contributed by atoms with Crippen molar-refractivity contribution in [2.24, 2.45) is 0 Å². The summed E-state index contributed by atoms with van der Waals surface area (Å²) < 4.78 is 13.8. The second-order valence-electron chi connectivity index (χ2n) is 5.32. The molecule has 2 unspecified atom stereocenters. The first kappa shape index (κ1) is 14.5. The number of likely N-dealkylation sites (tertiary alicyclic amines) is 1. The highest BCUT2D eigenvalue weighted by Gasteiger charge is 2.24. The molecule has 106 valence electrons. The van der Waals surface area contributed by atoms with E-state index < -0.39 is 0 Å². The topological polar surface area (TPSA) is 15.3 Å². The molecule has 1 aliphatic heterocycles. The van der Waals surface area contributed by atoms with Crippen LogP contribution in [0.5, 0.6) is 0 Å². The number of likely N-dealkylation sites (N-methyl/N-ethyl adjacent to an activating group) is 1. The van der Waals surface area contributed by atoms with Gasteiger partial charge in [-0.25, -0.2) is 4.39 Å². The highest BCUT2D eigenvalue weighted by atomic mass is 19.1. The van der Waals surface area contributed by atoms with Crippen molar-refractivity contribution in [2.75, 3.05) is 19.6 Å². The maximum atomic E-state index is 13.8. The molecular weight excluding hydrogens is 239 g/mol. The summed E-state index contributed by atoms with van der Waals surface area (Å²) >= 11 is 0. The molecule has 0 spiro atoms. The van der Waals surface area contributed by atoms with Crippen LogP contribution in [0.1, 0.15) is 44.7 Å². The van der Waals surface area contributed by atoms with Crippen molar-refractivity contribution in [3.8, 4) is 0 Å². The summed E-state index contributed by atoms with van der Waals surface area (Å²) in [7, 11) is 0. The Bertz CT molecular complexity index is 394. The standard InChI is InChI=1S/C16H25FN2/c1-3-16(14-9-5-6-10-15(14)17)18-12-13-8-7-11-19(13)4-2/h5-6,9-10,13,16,18H,3-4,7-8,11-12H2,1-2H3. The number of hydrogen-bond acceptors (Lipinski definition) is 2. The third kappa shape index (κ3) is 3.54. The van der Waals surface area contributed by atoms with E-state index in [0.717, 1.165) is 25.1 Å². The summed E-state index contributed by atoms with van der Waals surface area (Å²) in [6, 6.07) is 7.85. The minimum atomic E-state index is -0.0966. The molecule has 1 saturated heterocycles. The number of halogens is 1. The van der Waals surface area contributed by atoms with Crippen LogP contribution in [-0.4, -0.2) is 30.6 Å². The molecule has 0 aromatic heterocycles. The second kappa shape index (κ2) is 7.01. The predicted octanol–water partition coefficient (Wildman–Crippen LogP) is 3.35. The van der Waals surface area contributed by atoms with Crippen molar-refractivity contribution in [3.63, 3.8) is 0 Å². The number of nitrogens with zero attached hydrogens (tertiary/aromatic N) is 1. The molecule has 2 rings (SSSR count). The maximum absolute atomic E-state index is 13.8. The fourth-order valence-electron chi connectivity index (χ4n) is 3.05. The Morgan fingerprint density at radius 1 is 1.37 bits per heavy atom. The number of hydrogen-bond donors (Lipinski definition) is 1. The molecule has 1 aromatic rings. The zero-order valence-electron chi connectivity index (χ0n) is 12.0. The molecule has 1 aromatic carbocycles. The zero-order valence-corrected chi connectivity index (χ0v) is 12.0. The maximum Gasteiger partial charge on any atom is 0.127 e. The molecule has 1 N–H and O–H groups in total. The molecule has 0 aliphatic carbocycles. The highest BCUT2D eigenvalue weighted by molar-refractivity contribution is 5.21. The van der Waals surface area contributed by atoms with Crippen LogP contribution in [0.15, 0.2) is 24.3 Å². The van der Waals surface area contributed by atoms with E-state index in [1.807, 2.05) is 12.1 Å². The van der Waals surface area contributed by atoms with Crippen molar-refractivity contribution in [1.82, 2.24) is 10.2 Å². The fourth-order valence-corrected chi connectivity index (χ4v) is 3.05. The van der Waals surface area contributed by atoms with Gasteiger partial charge in [0.2, 0.25) is 0 Å². The molecule has 1 heterocycles. The highest BCUT2D eigenvalue weighted by Crippen LogP contribution is 2.21. The number of rotatable bonds is 6. The normalized spacial score (nSPS) is 21.7. The van der Waals surface area contributed by atoms with Gasteiger partial charge in [0.25, 0.3) is 0 Å². The van der Waals surface area contributed by atoms with Gasteiger partial charge >= 0.3 is 0 Å². The van der Waals surface area contributed by atoms with Gasteiger partial charge < -0.3 is 5.32 Å². The van der Waals surface area contributed by atoms with Crippen LogP contribution in [0.2, 0.25) is 0 Å². The smallest absolute Gasteiger partial charge is 0.127 e. The van der Waals surface area contributed by atoms with E-state index in [4.69, 9.17) is 0 Å². The third-order valence-corrected chi connectivity index (χ3v) is 4.19. The van der Waals surface area contributed by atoms with E-state index >= 15 is 0 Å². The van der Waals surface area contributed by atoms with Gasteiger partial charge in [0.1, 0.15) is 5.82 Å². The molecule has 2 atom stereocenters. The van der Waals surface area contributed by atoms with Gasteiger partial charge in [0.15, 0.2) is 0 Å². The van der Waals surface area contributed by atoms with Crippen molar-refractivity contribution in [2.45, 2.75) is 45.2 Å². The largest absolute Gasteiger partial charge is 0.308 e. The lowest BCUT2D eigenvalue weighted by Crippen LogP contribution is -2.39. The van der Waals surface area contributed by atoms with Crippen LogP contribution >= 0.6 is 0 Å². The average molecular weight is 264 g/mol. The summed E-state index contributed by atoms with van der Waals surface area (Å²) in [5.41, 5.74) is 0.797. The van der Waals surface area contributed by atoms with E-state index in [9.17, 15) is 4.39 Å². The zero-order chi connectivity index (χ0) is 13.7. The number of nitrogens with one attached hydrogen (secondary N) is 1. The van der Waals surface area contributed by atoms with Gasteiger partial charge in [-0.1, -0.05) is 32.0 Å². The van der Waals surface area contributed by atoms with Gasteiger partial charge in [-0.2, -0.15) is 0 Å². The molecule has 0 bridgehead atoms. The Balaban J connectivity index is 1.95. The molecule has 1 aliphatic rings. The van der Waals surface area contributed by atoms with Crippen molar-refractivity contribution in [3.05, 3.63) is 35.6 Å². The van der Waals surface area contributed by atoms with Crippen molar-refractivity contribution < 1.29 is 4.39 Å². The third-order valence-electron chi connectivity index (χ3n) is 4.19. The quantitative estimate of drug-likeness (QED) is 0.847. The Morgan fingerprint density at radius 3 is 2.84 bits per heavy atom. The minimum Gasteiger partial charge on any atom is -0.308 e. The Morgan fingerprint density at radius 2 is 2.16 bits per heavy atom. The van der Waals surface area contributed by atoms with Gasteiger partial charge in [-0.15, -0.1) is 0 Å². The average Bonchev–Trinajstić information content (AvgIpc) is 2.88. The second-order valence-corrected chi connectivity index (χ2v) is 5.32. The van der Waals surface area contributed by atoms with Gasteiger partial charge in [0.05, 0.1) is 0 Å². The van der Waals surface area contributed by atoms with Crippen LogP contribution in [0, 0.1) is 5.82 Å². The van der Waals surface area contributed by atoms with Gasteiger partial charge in [-0.05, 0) is 38.4 Å². The van der Waals surface area contributed by atoms with Crippen LogP contribution in [0.25, 0.3) is 0 Å². The molecule has 0 amide bonds. The van der Waals surface area contributed by atoms with Crippen LogP contribution < -0.4 is 5.32 Å². The van der Waals surface area contributed by atoms with E-state index in [1.165, 1.54) is 19.4 Å². The molecule has 2 nitrogen and oxygen atoms in total. The first-order chi connectivity index (χ1) is 9.26. The van der Waals surface area contributed by atoms with Gasteiger partial charge in [-0.3, -0.25) is 4.90 Å². The summed E-state index contributed by atoms with van der Waals surface area (Å²) in [5.74, 6) is -0.0966. The van der Waals surface area contributed by atoms with E-state index in [1.54, 1.807) is 12.1 Å². The van der Waals surface area contributed by atoms with Gasteiger partial charge in [0, 0.05) is 24.2 Å². The van der Waals surface area contributed by atoms with Crippen LogP contribution in [0.4, 0.5) is 4.39 Å². The molecule has 19 heavy (non-hydrogen) atoms. The molecule has 0 saturated carbocycles. The lowest BCUT2D eigenvalue weighted by atomic mass is 10.0. The Hall–Kier alpha value is -0.930. The molecule has 0 radical (unpaired) electrons. The van der Waals surface area contributed by atoms with E-state index in [2.05, 4.69) is 24.1 Å². The fraction of sp³-hybridized carbons (Fsp3) is 0.625. The minimum absolute atomic E-state index is 0.0966. The SMILES string of the molecule is CCC(NCC1CCCN1CC)c1ccccc1F. The molecule has 1 fully saturated rings. The Kier molecular flexibility index (Phi) is 5.34. The summed E-state index contributed by atoms with van der Waals surface area (Å²) in [6.07, 6.45) is 3.46. The first-order valence-electron chi connectivity index (χ1n) is 7.48. The van der Waals surface area contributed by atoms with Crippen LogP contribution in [0.3, 0.4) is 0 Å². The summed E-state index contributed by atoms with van der Waals surface area (Å²) in [4.78, 5) is 2.51. The first-order valence-corrected chi connectivity index (χ1v) is 7.48.